The molecule has 0 fully saturated rings. The summed E-state index contributed by atoms with van der Waals surface area (Å²) in [7, 11) is 0. The Morgan fingerprint density at radius 2 is 1.44 bits per heavy atom. The highest BCUT2D eigenvalue weighted by molar-refractivity contribution is 5.94. The molecule has 0 spiro atoms. The van der Waals surface area contributed by atoms with Crippen molar-refractivity contribution in [2.45, 2.75) is 13.3 Å². The smallest absolute Gasteiger partial charge is 0.251 e. The highest BCUT2D eigenvalue weighted by Gasteiger charge is 2.06. The molecule has 0 saturated carbocycles. The monoisotopic (exact) mass is 341 g/mol. The van der Waals surface area contributed by atoms with Crippen molar-refractivity contribution < 1.29 is 14.3 Å². The third-order valence-corrected chi connectivity index (χ3v) is 3.51. The van der Waals surface area contributed by atoms with Crippen molar-refractivity contribution in [2.24, 2.45) is 5.73 Å². The average molecular weight is 341 g/mol. The maximum Gasteiger partial charge on any atom is 0.251 e. The Morgan fingerprint density at radius 3 is 1.96 bits per heavy atom. The number of hydrogen-bond donors (Lipinski definition) is 3. The van der Waals surface area contributed by atoms with Gasteiger partial charge in [0.1, 0.15) is 11.5 Å². The molecule has 0 aliphatic rings. The second-order valence-corrected chi connectivity index (χ2v) is 5.52. The van der Waals surface area contributed by atoms with Crippen molar-refractivity contribution in [3.05, 3.63) is 59.7 Å². The van der Waals surface area contributed by atoms with Gasteiger partial charge in [-0.25, -0.2) is 0 Å². The molecule has 0 aliphatic heterocycles. The van der Waals surface area contributed by atoms with Crippen molar-refractivity contribution in [1.29, 1.82) is 0 Å². The molecule has 0 bridgehead atoms. The molecule has 2 aromatic carbocycles. The van der Waals surface area contributed by atoms with Crippen molar-refractivity contribution in [1.82, 2.24) is 10.6 Å². The lowest BCUT2D eigenvalue weighted by molar-refractivity contribution is 0.0952. The molecule has 0 saturated heterocycles. The molecular weight excluding hydrogens is 318 g/mol. The van der Waals surface area contributed by atoms with Crippen LogP contribution in [0.4, 0.5) is 0 Å². The van der Waals surface area contributed by atoms with Gasteiger partial charge in [-0.3, -0.25) is 9.59 Å². The lowest BCUT2D eigenvalue weighted by atomic mass is 10.2. The van der Waals surface area contributed by atoms with Crippen molar-refractivity contribution in [3.63, 3.8) is 0 Å². The van der Waals surface area contributed by atoms with Crippen LogP contribution in [0.1, 0.15) is 34.1 Å². The van der Waals surface area contributed by atoms with Gasteiger partial charge in [-0.15, -0.1) is 0 Å². The van der Waals surface area contributed by atoms with Crippen LogP contribution in [-0.4, -0.2) is 31.4 Å². The molecule has 6 nitrogen and oxygen atoms in total. The van der Waals surface area contributed by atoms with E-state index in [0.717, 1.165) is 19.5 Å². The van der Waals surface area contributed by atoms with Gasteiger partial charge in [0.15, 0.2) is 0 Å². The number of nitrogens with one attached hydrogen (secondary N) is 2. The van der Waals surface area contributed by atoms with Crippen LogP contribution in [0.15, 0.2) is 48.5 Å². The Kier molecular flexibility index (Phi) is 6.98. The fourth-order valence-electron chi connectivity index (χ4n) is 2.17. The summed E-state index contributed by atoms with van der Waals surface area (Å²) in [5.41, 5.74) is 6.20. The van der Waals surface area contributed by atoms with Gasteiger partial charge in [0.05, 0.1) is 0 Å². The van der Waals surface area contributed by atoms with E-state index in [1.807, 2.05) is 0 Å². The minimum Gasteiger partial charge on any atom is -0.457 e. The highest BCUT2D eigenvalue weighted by atomic mass is 16.5. The Labute approximate surface area is 147 Å². The molecule has 6 heteroatoms. The number of primary amides is 1. The highest BCUT2D eigenvalue weighted by Crippen LogP contribution is 2.22. The topological polar surface area (TPSA) is 93.4 Å². The Balaban J connectivity index is 1.86. The van der Waals surface area contributed by atoms with E-state index in [9.17, 15) is 9.59 Å². The molecule has 0 aliphatic carbocycles. The zero-order chi connectivity index (χ0) is 18.1. The van der Waals surface area contributed by atoms with Crippen molar-refractivity contribution in [3.8, 4) is 11.5 Å². The largest absolute Gasteiger partial charge is 0.457 e. The summed E-state index contributed by atoms with van der Waals surface area (Å²) in [5, 5.41) is 6.08. The number of nitrogens with two attached hydrogens (primary N) is 1. The van der Waals surface area contributed by atoms with E-state index in [-0.39, 0.29) is 5.91 Å². The van der Waals surface area contributed by atoms with Crippen LogP contribution >= 0.6 is 0 Å². The van der Waals surface area contributed by atoms with Gasteiger partial charge < -0.3 is 21.1 Å². The van der Waals surface area contributed by atoms with E-state index in [2.05, 4.69) is 17.6 Å². The van der Waals surface area contributed by atoms with Crippen LogP contribution in [0.3, 0.4) is 0 Å². The van der Waals surface area contributed by atoms with E-state index < -0.39 is 5.91 Å². The number of carbonyl (C=O) groups is 2. The second kappa shape index (κ2) is 9.44. The number of rotatable bonds is 9. The molecule has 2 aromatic rings. The second-order valence-electron chi connectivity index (χ2n) is 5.52. The minimum absolute atomic E-state index is 0.115. The summed E-state index contributed by atoms with van der Waals surface area (Å²) >= 11 is 0. The molecule has 0 atom stereocenters. The molecule has 0 heterocycles. The van der Waals surface area contributed by atoms with Crippen LogP contribution in [0.25, 0.3) is 0 Å². The van der Waals surface area contributed by atoms with Gasteiger partial charge in [-0.1, -0.05) is 6.92 Å². The Morgan fingerprint density at radius 1 is 0.880 bits per heavy atom. The molecule has 0 aromatic heterocycles. The first-order chi connectivity index (χ1) is 12.1. The van der Waals surface area contributed by atoms with Crippen LogP contribution in [-0.2, 0) is 0 Å². The maximum atomic E-state index is 12.0. The molecule has 0 radical (unpaired) electrons. The zero-order valence-electron chi connectivity index (χ0n) is 14.2. The molecule has 132 valence electrons. The number of benzene rings is 2. The summed E-state index contributed by atoms with van der Waals surface area (Å²) in [6.07, 6.45) is 1.07. The first-order valence-electron chi connectivity index (χ1n) is 8.27. The molecule has 0 unspecified atom stereocenters. The normalized spacial score (nSPS) is 10.3. The van der Waals surface area contributed by atoms with Gasteiger partial charge in [0.2, 0.25) is 5.91 Å². The third kappa shape index (κ3) is 5.93. The summed E-state index contributed by atoms with van der Waals surface area (Å²) in [6, 6.07) is 13.4. The summed E-state index contributed by atoms with van der Waals surface area (Å²) in [4.78, 5) is 23.1. The van der Waals surface area contributed by atoms with Gasteiger partial charge in [0, 0.05) is 24.2 Å². The standard InChI is InChI=1S/C19H23N3O3/c1-2-11-21-12-13-22-19(24)15-5-9-17(10-6-15)25-16-7-3-14(4-8-16)18(20)23/h3-10,21H,2,11-13H2,1H3,(H2,20,23)(H,22,24). The van der Waals surface area contributed by atoms with Gasteiger partial charge in [0.25, 0.3) is 5.91 Å². The predicted molar refractivity (Wildman–Crippen MR) is 97.0 cm³/mol. The first-order valence-corrected chi connectivity index (χ1v) is 8.27. The number of amides is 2. The molecule has 2 amide bonds. The predicted octanol–water partition coefficient (Wildman–Crippen LogP) is 2.31. The quantitative estimate of drug-likeness (QED) is 0.610. The Bertz CT molecular complexity index is 697. The average Bonchev–Trinajstić information content (AvgIpc) is 2.62. The minimum atomic E-state index is -0.480. The zero-order valence-corrected chi connectivity index (χ0v) is 14.2. The molecule has 4 N–H and O–H groups in total. The first kappa shape index (κ1) is 18.5. The lowest BCUT2D eigenvalue weighted by Gasteiger charge is -2.08. The third-order valence-electron chi connectivity index (χ3n) is 3.51. The van der Waals surface area contributed by atoms with Crippen molar-refractivity contribution in [2.75, 3.05) is 19.6 Å². The van der Waals surface area contributed by atoms with Gasteiger partial charge in [-0.05, 0) is 61.5 Å². The SMILES string of the molecule is CCCNCCNC(=O)c1ccc(Oc2ccc(C(N)=O)cc2)cc1. The Hall–Kier alpha value is -2.86. The number of hydrogen-bond acceptors (Lipinski definition) is 4. The van der Waals surface area contributed by atoms with E-state index >= 15 is 0 Å². The molecule has 25 heavy (non-hydrogen) atoms. The van der Waals surface area contributed by atoms with Gasteiger partial charge in [-0.2, -0.15) is 0 Å². The van der Waals surface area contributed by atoms with Crippen LogP contribution < -0.4 is 21.1 Å². The van der Waals surface area contributed by atoms with Crippen LogP contribution in [0.2, 0.25) is 0 Å². The van der Waals surface area contributed by atoms with E-state index in [4.69, 9.17) is 10.5 Å². The van der Waals surface area contributed by atoms with E-state index in [0.29, 0.717) is 29.2 Å². The molecular formula is C19H23N3O3. The lowest BCUT2D eigenvalue weighted by Crippen LogP contribution is -2.32. The number of ether oxygens (including phenoxy) is 1. The van der Waals surface area contributed by atoms with Crippen LogP contribution in [0.5, 0.6) is 11.5 Å². The maximum absolute atomic E-state index is 12.0. The summed E-state index contributed by atoms with van der Waals surface area (Å²) in [5.74, 6) is 0.597. The summed E-state index contributed by atoms with van der Waals surface area (Å²) < 4.78 is 5.68. The van der Waals surface area contributed by atoms with Crippen LogP contribution in [0, 0.1) is 0 Å². The fraction of sp³-hybridized carbons (Fsp3) is 0.263. The van der Waals surface area contributed by atoms with Crippen molar-refractivity contribution >= 4 is 11.8 Å². The summed E-state index contributed by atoms with van der Waals surface area (Å²) in [6.45, 7) is 4.38. The van der Waals surface area contributed by atoms with E-state index in [1.54, 1.807) is 48.5 Å². The van der Waals surface area contributed by atoms with E-state index in [1.165, 1.54) is 0 Å². The van der Waals surface area contributed by atoms with Gasteiger partial charge >= 0.3 is 0 Å². The molecule has 2 rings (SSSR count). The number of carbonyl (C=O) groups excluding carboxylic acids is 2. The fourth-order valence-corrected chi connectivity index (χ4v) is 2.17.